The van der Waals surface area contributed by atoms with Gasteiger partial charge in [0.1, 0.15) is 10.6 Å². The van der Waals surface area contributed by atoms with Crippen LogP contribution >= 0.6 is 23.1 Å². The number of amides is 1. The van der Waals surface area contributed by atoms with E-state index in [1.165, 1.54) is 16.6 Å². The number of hydrogen-bond donors (Lipinski definition) is 1. The summed E-state index contributed by atoms with van der Waals surface area (Å²) in [6.07, 6.45) is 9.14. The zero-order valence-corrected chi connectivity index (χ0v) is 21.7. The lowest BCUT2D eigenvalue weighted by molar-refractivity contribution is -0.118. The smallest absolute Gasteiger partial charge is 0.267 e. The molecule has 5 rings (SSSR count). The average Bonchev–Trinajstić information content (AvgIpc) is 3.51. The predicted molar refractivity (Wildman–Crippen MR) is 146 cm³/mol. The molecular weight excluding hydrogens is 492 g/mol. The normalized spacial score (nSPS) is 13.9. The highest BCUT2D eigenvalue weighted by atomic mass is 32.2. The summed E-state index contributed by atoms with van der Waals surface area (Å²) in [4.78, 5) is 33.2. The first-order chi connectivity index (χ1) is 17.5. The number of aromatic nitrogens is 2. The number of furan rings is 1. The molecule has 1 aliphatic carbocycles. The minimum atomic E-state index is -0.280. The number of rotatable bonds is 7. The molecule has 7 nitrogen and oxygen atoms in total. The number of hydrazone groups is 1. The van der Waals surface area contributed by atoms with Crippen LogP contribution in [-0.4, -0.2) is 27.4 Å². The van der Waals surface area contributed by atoms with E-state index < -0.39 is 0 Å². The molecule has 9 heteroatoms. The zero-order valence-electron chi connectivity index (χ0n) is 20.1. The first-order valence-electron chi connectivity index (χ1n) is 11.8. The largest absolute Gasteiger partial charge is 0.465 e. The van der Waals surface area contributed by atoms with E-state index in [9.17, 15) is 9.59 Å². The van der Waals surface area contributed by atoms with Crippen LogP contribution in [0.25, 0.3) is 22.0 Å². The second kappa shape index (κ2) is 10.7. The molecule has 1 aromatic carbocycles. The Morgan fingerprint density at radius 3 is 2.83 bits per heavy atom. The SMILES string of the molecule is CC(/C=N/NC(=O)CSc1nc2sc3c(c2c(=O)n1-c1ccc(C)cc1)CCCC3)=C\c1ccco1. The third-order valence-corrected chi connectivity index (χ3v) is 8.08. The maximum Gasteiger partial charge on any atom is 0.267 e. The summed E-state index contributed by atoms with van der Waals surface area (Å²) >= 11 is 2.85. The summed E-state index contributed by atoms with van der Waals surface area (Å²) < 4.78 is 6.92. The Hall–Kier alpha value is -3.43. The van der Waals surface area contributed by atoms with Crippen LogP contribution in [0, 0.1) is 6.92 Å². The van der Waals surface area contributed by atoms with Gasteiger partial charge in [-0.25, -0.2) is 10.4 Å². The minimum absolute atomic E-state index is 0.0668. The number of carbonyl (C=O) groups is 1. The molecule has 0 saturated carbocycles. The van der Waals surface area contributed by atoms with E-state index in [1.54, 1.807) is 28.4 Å². The van der Waals surface area contributed by atoms with Crippen molar-refractivity contribution in [3.8, 4) is 5.69 Å². The van der Waals surface area contributed by atoms with E-state index >= 15 is 0 Å². The molecule has 0 unspecified atom stereocenters. The van der Waals surface area contributed by atoms with Gasteiger partial charge in [-0.1, -0.05) is 29.5 Å². The van der Waals surface area contributed by atoms with Crippen molar-refractivity contribution in [1.29, 1.82) is 0 Å². The molecule has 0 bridgehead atoms. The Kier molecular flexibility index (Phi) is 7.20. The van der Waals surface area contributed by atoms with Gasteiger partial charge in [-0.15, -0.1) is 11.3 Å². The van der Waals surface area contributed by atoms with E-state index in [4.69, 9.17) is 9.40 Å². The lowest BCUT2D eigenvalue weighted by atomic mass is 9.97. The molecule has 4 aromatic rings. The Labute approximate surface area is 216 Å². The summed E-state index contributed by atoms with van der Waals surface area (Å²) in [6.45, 7) is 3.88. The zero-order chi connectivity index (χ0) is 25.1. The van der Waals surface area contributed by atoms with Crippen molar-refractivity contribution in [2.75, 3.05) is 5.75 Å². The average molecular weight is 519 g/mol. The molecule has 1 N–H and O–H groups in total. The number of thiophene rings is 1. The molecule has 3 heterocycles. The van der Waals surface area contributed by atoms with Crippen molar-refractivity contribution in [2.45, 2.75) is 44.7 Å². The maximum atomic E-state index is 13.8. The molecule has 1 aliphatic rings. The molecule has 36 heavy (non-hydrogen) atoms. The van der Waals surface area contributed by atoms with Gasteiger partial charge in [-0.05, 0) is 81.0 Å². The number of aryl methyl sites for hydroxylation is 3. The van der Waals surface area contributed by atoms with E-state index in [0.29, 0.717) is 10.9 Å². The van der Waals surface area contributed by atoms with Gasteiger partial charge in [0, 0.05) is 4.88 Å². The van der Waals surface area contributed by atoms with E-state index in [2.05, 4.69) is 10.5 Å². The standard InChI is InChI=1S/C27H26N4O3S2/c1-17-9-11-19(12-10-17)31-26(33)24-21-7-3-4-8-22(21)36-25(24)29-27(31)35-16-23(32)30-28-15-18(2)14-20-6-5-13-34-20/h5-6,9-15H,3-4,7-8,16H2,1-2H3,(H,30,32)/b18-14+,28-15+. The van der Waals surface area contributed by atoms with Crippen LogP contribution in [0.2, 0.25) is 0 Å². The molecular formula is C27H26N4O3S2. The quantitative estimate of drug-likeness (QED) is 0.150. The van der Waals surface area contributed by atoms with Crippen LogP contribution in [-0.2, 0) is 17.6 Å². The molecule has 1 amide bonds. The second-order valence-corrected chi connectivity index (χ2v) is 10.8. The van der Waals surface area contributed by atoms with Crippen molar-refractivity contribution in [2.24, 2.45) is 5.10 Å². The van der Waals surface area contributed by atoms with Gasteiger partial charge in [0.25, 0.3) is 11.5 Å². The van der Waals surface area contributed by atoms with Gasteiger partial charge < -0.3 is 4.42 Å². The molecule has 0 atom stereocenters. The van der Waals surface area contributed by atoms with Gasteiger partial charge in [-0.2, -0.15) is 5.10 Å². The first-order valence-corrected chi connectivity index (χ1v) is 13.6. The van der Waals surface area contributed by atoms with E-state index in [1.807, 2.05) is 56.3 Å². The highest BCUT2D eigenvalue weighted by molar-refractivity contribution is 7.99. The third kappa shape index (κ3) is 5.22. The first kappa shape index (κ1) is 24.3. The number of hydrogen-bond acceptors (Lipinski definition) is 7. The van der Waals surface area contributed by atoms with Crippen molar-refractivity contribution in [3.63, 3.8) is 0 Å². The summed E-state index contributed by atoms with van der Waals surface area (Å²) in [7, 11) is 0. The molecule has 0 radical (unpaired) electrons. The van der Waals surface area contributed by atoms with Crippen LogP contribution < -0.4 is 11.0 Å². The fourth-order valence-corrected chi connectivity index (χ4v) is 6.32. The number of benzene rings is 1. The van der Waals surface area contributed by atoms with Crippen molar-refractivity contribution >= 4 is 51.5 Å². The summed E-state index contributed by atoms with van der Waals surface area (Å²) in [5.74, 6) is 0.511. The van der Waals surface area contributed by atoms with Crippen molar-refractivity contribution in [1.82, 2.24) is 15.0 Å². The van der Waals surface area contributed by atoms with Crippen molar-refractivity contribution < 1.29 is 9.21 Å². The Bertz CT molecular complexity index is 1510. The minimum Gasteiger partial charge on any atom is -0.465 e. The Morgan fingerprint density at radius 1 is 1.25 bits per heavy atom. The highest BCUT2D eigenvalue weighted by Crippen LogP contribution is 2.35. The fraction of sp³-hybridized carbons (Fsp3) is 0.259. The molecule has 184 valence electrons. The van der Waals surface area contributed by atoms with Crippen LogP contribution in [0.3, 0.4) is 0 Å². The third-order valence-electron chi connectivity index (χ3n) is 5.95. The summed E-state index contributed by atoms with van der Waals surface area (Å²) in [6, 6.07) is 11.4. The topological polar surface area (TPSA) is 89.5 Å². The molecule has 3 aromatic heterocycles. The van der Waals surface area contributed by atoms with E-state index in [-0.39, 0.29) is 17.2 Å². The van der Waals surface area contributed by atoms with Crippen LogP contribution in [0.4, 0.5) is 0 Å². The van der Waals surface area contributed by atoms with Crippen molar-refractivity contribution in [3.05, 3.63) is 80.4 Å². The molecule has 0 aliphatic heterocycles. The van der Waals surface area contributed by atoms with Crippen LogP contribution in [0.1, 0.15) is 41.5 Å². The summed E-state index contributed by atoms with van der Waals surface area (Å²) in [5, 5.41) is 5.26. The van der Waals surface area contributed by atoms with E-state index in [0.717, 1.165) is 58.3 Å². The Balaban J connectivity index is 1.39. The fourth-order valence-electron chi connectivity index (χ4n) is 4.21. The second-order valence-electron chi connectivity index (χ2n) is 8.75. The number of thioether (sulfide) groups is 1. The van der Waals surface area contributed by atoms with Gasteiger partial charge in [0.2, 0.25) is 0 Å². The number of allylic oxidation sites excluding steroid dienone is 1. The summed E-state index contributed by atoms with van der Waals surface area (Å²) in [5.41, 5.74) is 6.32. The molecule has 0 saturated heterocycles. The maximum absolute atomic E-state index is 13.8. The Morgan fingerprint density at radius 2 is 2.06 bits per heavy atom. The number of fused-ring (bicyclic) bond motifs is 3. The lowest BCUT2D eigenvalue weighted by Gasteiger charge is -2.13. The van der Waals surface area contributed by atoms with Crippen LogP contribution in [0.15, 0.2) is 67.7 Å². The van der Waals surface area contributed by atoms with Gasteiger partial charge in [0.15, 0.2) is 5.16 Å². The van der Waals surface area contributed by atoms with Gasteiger partial charge in [-0.3, -0.25) is 14.2 Å². The van der Waals surface area contributed by atoms with Crippen LogP contribution in [0.5, 0.6) is 0 Å². The predicted octanol–water partition coefficient (Wildman–Crippen LogP) is 5.53. The highest BCUT2D eigenvalue weighted by Gasteiger charge is 2.23. The lowest BCUT2D eigenvalue weighted by Crippen LogP contribution is -2.24. The van der Waals surface area contributed by atoms with Gasteiger partial charge in [0.05, 0.1) is 29.3 Å². The molecule has 0 spiro atoms. The molecule has 0 fully saturated rings. The number of nitrogens with one attached hydrogen (secondary N) is 1. The van der Waals surface area contributed by atoms with Gasteiger partial charge >= 0.3 is 0 Å². The number of nitrogens with zero attached hydrogens (tertiary/aromatic N) is 3. The monoisotopic (exact) mass is 518 g/mol. The number of carbonyl (C=O) groups excluding carboxylic acids is 1.